The quantitative estimate of drug-likeness (QED) is 0.456. The number of rotatable bonds is 9. The molecule has 0 aliphatic carbocycles. The van der Waals surface area contributed by atoms with Crippen LogP contribution in [0.25, 0.3) is 0 Å². The SMILES string of the molecule is O=C(Nc1nnc(NC2CCN(c3cccnn3)C2)s1)C(c1cccc(OC(F)F)c1)N1CCC1. The third-order valence-corrected chi connectivity index (χ3v) is 6.73. The fourth-order valence-corrected chi connectivity index (χ4v) is 4.94. The maximum Gasteiger partial charge on any atom is 0.387 e. The van der Waals surface area contributed by atoms with E-state index in [2.05, 4.69) is 40.7 Å². The van der Waals surface area contributed by atoms with Gasteiger partial charge in [-0.1, -0.05) is 23.5 Å². The smallest absolute Gasteiger partial charge is 0.387 e. The van der Waals surface area contributed by atoms with Crippen molar-refractivity contribution in [2.24, 2.45) is 0 Å². The van der Waals surface area contributed by atoms with Crippen molar-refractivity contribution in [2.75, 3.05) is 41.7 Å². The summed E-state index contributed by atoms with van der Waals surface area (Å²) in [5.74, 6) is 0.559. The minimum atomic E-state index is -2.93. The monoisotopic (exact) mass is 502 g/mol. The topological polar surface area (TPSA) is 108 Å². The van der Waals surface area contributed by atoms with Crippen LogP contribution in [0.15, 0.2) is 42.6 Å². The lowest BCUT2D eigenvalue weighted by Crippen LogP contribution is -2.45. The summed E-state index contributed by atoms with van der Waals surface area (Å²) in [6.45, 7) is 0.162. The third kappa shape index (κ3) is 5.62. The van der Waals surface area contributed by atoms with Gasteiger partial charge in [-0.05, 0) is 42.7 Å². The van der Waals surface area contributed by atoms with Crippen molar-refractivity contribution in [3.8, 4) is 5.75 Å². The van der Waals surface area contributed by atoms with E-state index in [1.165, 1.54) is 23.5 Å². The Bertz CT molecular complexity index is 1150. The lowest BCUT2D eigenvalue weighted by atomic mass is 10.0. The van der Waals surface area contributed by atoms with E-state index in [4.69, 9.17) is 0 Å². The molecule has 2 saturated heterocycles. The second-order valence-corrected chi connectivity index (χ2v) is 9.28. The number of carbonyl (C=O) groups excluding carboxylic acids is 1. The van der Waals surface area contributed by atoms with Crippen LogP contribution in [-0.4, -0.2) is 70.0 Å². The molecule has 1 aromatic carbocycles. The van der Waals surface area contributed by atoms with Gasteiger partial charge < -0.3 is 15.0 Å². The Balaban J connectivity index is 1.22. The van der Waals surface area contributed by atoms with Crippen LogP contribution < -0.4 is 20.3 Å². The summed E-state index contributed by atoms with van der Waals surface area (Å²) in [5.41, 5.74) is 0.582. The molecule has 2 N–H and O–H groups in total. The van der Waals surface area contributed by atoms with E-state index in [0.29, 0.717) is 15.8 Å². The Morgan fingerprint density at radius 2 is 1.97 bits per heavy atom. The Kier molecular flexibility index (Phi) is 6.95. The van der Waals surface area contributed by atoms with Gasteiger partial charge >= 0.3 is 6.61 Å². The van der Waals surface area contributed by atoms with Crippen LogP contribution in [0.4, 0.5) is 24.9 Å². The molecule has 0 saturated carbocycles. The minimum Gasteiger partial charge on any atom is -0.435 e. The molecule has 2 aromatic heterocycles. The first-order chi connectivity index (χ1) is 17.0. The van der Waals surface area contributed by atoms with Gasteiger partial charge in [0.1, 0.15) is 11.8 Å². The number of carbonyl (C=O) groups is 1. The van der Waals surface area contributed by atoms with E-state index in [1.54, 1.807) is 18.3 Å². The minimum absolute atomic E-state index is 0.0188. The average Bonchev–Trinajstić information content (AvgIpc) is 3.46. The highest BCUT2D eigenvalue weighted by Gasteiger charge is 2.32. The molecule has 0 bridgehead atoms. The van der Waals surface area contributed by atoms with Gasteiger partial charge in [0.2, 0.25) is 16.2 Å². The molecule has 4 heterocycles. The number of halogens is 2. The van der Waals surface area contributed by atoms with E-state index in [-0.39, 0.29) is 17.7 Å². The molecular formula is C22H24F2N8O2S. The number of amides is 1. The second kappa shape index (κ2) is 10.4. The Labute approximate surface area is 204 Å². The van der Waals surface area contributed by atoms with Crippen LogP contribution in [0, 0.1) is 0 Å². The van der Waals surface area contributed by atoms with Gasteiger partial charge in [-0.2, -0.15) is 13.9 Å². The van der Waals surface area contributed by atoms with E-state index in [0.717, 1.165) is 44.8 Å². The average molecular weight is 503 g/mol. The highest BCUT2D eigenvalue weighted by atomic mass is 32.1. The summed E-state index contributed by atoms with van der Waals surface area (Å²) in [5, 5.41) is 23.5. The highest BCUT2D eigenvalue weighted by molar-refractivity contribution is 7.19. The molecule has 35 heavy (non-hydrogen) atoms. The van der Waals surface area contributed by atoms with Gasteiger partial charge in [0.05, 0.1) is 0 Å². The Hall–Kier alpha value is -3.45. The van der Waals surface area contributed by atoms with Gasteiger partial charge in [0.25, 0.3) is 0 Å². The number of hydrogen-bond acceptors (Lipinski definition) is 10. The zero-order chi connectivity index (χ0) is 24.2. The molecule has 2 aliphatic rings. The molecular weight excluding hydrogens is 478 g/mol. The molecule has 0 spiro atoms. The Morgan fingerprint density at radius 1 is 1.11 bits per heavy atom. The molecule has 2 atom stereocenters. The summed E-state index contributed by atoms with van der Waals surface area (Å²) in [6, 6.07) is 9.57. The third-order valence-electron chi connectivity index (χ3n) is 5.96. The molecule has 1 amide bonds. The number of likely N-dealkylation sites (tertiary alicyclic amines) is 1. The number of alkyl halides is 2. The van der Waals surface area contributed by atoms with Gasteiger partial charge in [-0.25, -0.2) is 0 Å². The largest absolute Gasteiger partial charge is 0.435 e. The summed E-state index contributed by atoms with van der Waals surface area (Å²) in [7, 11) is 0. The summed E-state index contributed by atoms with van der Waals surface area (Å²) in [6.07, 6.45) is 3.52. The first kappa shape index (κ1) is 23.3. The zero-order valence-electron chi connectivity index (χ0n) is 18.7. The van der Waals surface area contributed by atoms with E-state index in [9.17, 15) is 13.6 Å². The number of anilines is 3. The van der Waals surface area contributed by atoms with Crippen molar-refractivity contribution >= 4 is 33.3 Å². The standard InChI is InChI=1S/C22H24F2N8O2S/c23-20(24)34-16-5-1-4-14(12-16)18(31-9-3-10-31)19(33)27-22-30-29-21(35-22)26-15-7-11-32(13-15)17-6-2-8-25-28-17/h1-2,4-6,8,12,15,18,20H,3,7,9-11,13H2,(H,26,29)(H,27,30,33). The fraction of sp³-hybridized carbons (Fsp3) is 0.409. The van der Waals surface area contributed by atoms with Crippen molar-refractivity contribution in [1.29, 1.82) is 0 Å². The molecule has 0 radical (unpaired) electrons. The lowest BCUT2D eigenvalue weighted by molar-refractivity contribution is -0.123. The molecule has 184 valence electrons. The molecule has 5 rings (SSSR count). The van der Waals surface area contributed by atoms with Crippen LogP contribution in [-0.2, 0) is 4.79 Å². The van der Waals surface area contributed by atoms with Gasteiger partial charge in [0, 0.05) is 38.4 Å². The molecule has 2 aliphatic heterocycles. The summed E-state index contributed by atoms with van der Waals surface area (Å²) < 4.78 is 29.8. The van der Waals surface area contributed by atoms with Crippen LogP contribution in [0.1, 0.15) is 24.4 Å². The molecule has 3 aromatic rings. The van der Waals surface area contributed by atoms with Crippen molar-refractivity contribution < 1.29 is 18.3 Å². The molecule has 13 heteroatoms. The maximum absolute atomic E-state index is 13.2. The van der Waals surface area contributed by atoms with E-state index in [1.807, 2.05) is 17.0 Å². The Morgan fingerprint density at radius 3 is 2.71 bits per heavy atom. The number of nitrogens with zero attached hydrogens (tertiary/aromatic N) is 6. The van der Waals surface area contributed by atoms with Gasteiger partial charge in [-0.15, -0.1) is 15.3 Å². The van der Waals surface area contributed by atoms with Crippen LogP contribution in [0.5, 0.6) is 5.75 Å². The predicted octanol–water partition coefficient (Wildman–Crippen LogP) is 3.01. The molecule has 2 fully saturated rings. The zero-order valence-corrected chi connectivity index (χ0v) is 19.5. The van der Waals surface area contributed by atoms with Gasteiger partial charge in [-0.3, -0.25) is 15.0 Å². The first-order valence-corrected chi connectivity index (χ1v) is 12.1. The van der Waals surface area contributed by atoms with E-state index < -0.39 is 12.7 Å². The maximum atomic E-state index is 13.2. The van der Waals surface area contributed by atoms with Gasteiger partial charge in [0.15, 0.2) is 5.82 Å². The normalized spacial score (nSPS) is 18.8. The van der Waals surface area contributed by atoms with E-state index >= 15 is 0 Å². The summed E-state index contributed by atoms with van der Waals surface area (Å²) >= 11 is 1.25. The number of hydrogen-bond donors (Lipinski definition) is 2. The predicted molar refractivity (Wildman–Crippen MR) is 127 cm³/mol. The second-order valence-electron chi connectivity index (χ2n) is 8.30. The first-order valence-electron chi connectivity index (χ1n) is 11.3. The lowest BCUT2D eigenvalue weighted by Gasteiger charge is -2.37. The molecule has 2 unspecified atom stereocenters. The van der Waals surface area contributed by atoms with Crippen molar-refractivity contribution in [3.63, 3.8) is 0 Å². The van der Waals surface area contributed by atoms with Crippen molar-refractivity contribution in [3.05, 3.63) is 48.2 Å². The number of benzene rings is 1. The number of ether oxygens (including phenoxy) is 1. The number of aromatic nitrogens is 4. The number of nitrogens with one attached hydrogen (secondary N) is 2. The fourth-order valence-electron chi connectivity index (χ4n) is 4.22. The van der Waals surface area contributed by atoms with Crippen molar-refractivity contribution in [2.45, 2.75) is 31.5 Å². The molecule has 10 nitrogen and oxygen atoms in total. The summed E-state index contributed by atoms with van der Waals surface area (Å²) in [4.78, 5) is 17.3. The highest BCUT2D eigenvalue weighted by Crippen LogP contribution is 2.31. The van der Waals surface area contributed by atoms with Crippen LogP contribution in [0.2, 0.25) is 0 Å². The van der Waals surface area contributed by atoms with Crippen LogP contribution in [0.3, 0.4) is 0 Å². The van der Waals surface area contributed by atoms with Crippen molar-refractivity contribution in [1.82, 2.24) is 25.3 Å². The van der Waals surface area contributed by atoms with Crippen LogP contribution >= 0.6 is 11.3 Å².